The van der Waals surface area contributed by atoms with Gasteiger partial charge in [-0.2, -0.15) is 0 Å². The number of allylic oxidation sites excluding steroid dienone is 4. The predicted octanol–water partition coefficient (Wildman–Crippen LogP) is 16.2. The van der Waals surface area contributed by atoms with Gasteiger partial charge in [-0.25, -0.2) is 0 Å². The van der Waals surface area contributed by atoms with Gasteiger partial charge in [-0.15, -0.1) is 0 Å². The van der Waals surface area contributed by atoms with Crippen LogP contribution in [0.4, 0.5) is 0 Å². The molecule has 0 aromatic heterocycles. The molecule has 2 unspecified atom stereocenters. The SMILES string of the molecule is CCCCCCCCCCC/C=C/C/C=C/CCCCCCCCCC(=O)OC(COCCC(C(=O)[O-])[N+](C)(C)C)COC(=O)CCCCCCCCCCCCCCCCCCCCCCC. The summed E-state index contributed by atoms with van der Waals surface area (Å²) in [7, 11) is 5.43. The lowest BCUT2D eigenvalue weighted by Crippen LogP contribution is -2.55. The zero-order valence-electron chi connectivity index (χ0n) is 45.8. The molecule has 0 fully saturated rings. The normalized spacial score (nSPS) is 12.9. The van der Waals surface area contributed by atoms with E-state index in [0.717, 1.165) is 51.4 Å². The third-order valence-corrected chi connectivity index (χ3v) is 13.6. The topological polar surface area (TPSA) is 102 Å². The molecule has 0 aromatic rings. The molecule has 0 amide bonds. The Hall–Kier alpha value is -2.19. The Kier molecular flexibility index (Phi) is 49.5. The fourth-order valence-corrected chi connectivity index (χ4v) is 9.05. The molecule has 0 radical (unpaired) electrons. The minimum absolute atomic E-state index is 0.0422. The number of ether oxygens (including phenoxy) is 3. The maximum absolute atomic E-state index is 12.8. The van der Waals surface area contributed by atoms with Crippen molar-refractivity contribution in [1.82, 2.24) is 0 Å². The molecule has 0 heterocycles. The summed E-state index contributed by atoms with van der Waals surface area (Å²) in [5.74, 6) is -1.72. The highest BCUT2D eigenvalue weighted by Gasteiger charge is 2.25. The Morgan fingerprint density at radius 3 is 1.13 bits per heavy atom. The van der Waals surface area contributed by atoms with Crippen LogP contribution in [0, 0.1) is 0 Å². The van der Waals surface area contributed by atoms with E-state index in [9.17, 15) is 19.5 Å². The second-order valence-electron chi connectivity index (χ2n) is 21.2. The Morgan fingerprint density at radius 1 is 0.441 bits per heavy atom. The van der Waals surface area contributed by atoms with Crippen molar-refractivity contribution >= 4 is 17.9 Å². The number of carboxylic acids is 1. The van der Waals surface area contributed by atoms with Crippen molar-refractivity contribution in [1.29, 1.82) is 0 Å². The average Bonchev–Trinajstić information content (AvgIpc) is 3.30. The first-order valence-electron chi connectivity index (χ1n) is 29.4. The van der Waals surface area contributed by atoms with E-state index in [-0.39, 0.29) is 42.7 Å². The van der Waals surface area contributed by atoms with E-state index in [1.807, 2.05) is 21.1 Å². The first-order chi connectivity index (χ1) is 33.1. The van der Waals surface area contributed by atoms with Gasteiger partial charge in [0, 0.05) is 19.3 Å². The minimum atomic E-state index is -1.12. The summed E-state index contributed by atoms with van der Waals surface area (Å²) in [5, 5.41) is 11.7. The van der Waals surface area contributed by atoms with Crippen molar-refractivity contribution in [2.75, 3.05) is 41.0 Å². The van der Waals surface area contributed by atoms with Crippen molar-refractivity contribution in [3.63, 3.8) is 0 Å². The average molecular weight is 961 g/mol. The van der Waals surface area contributed by atoms with E-state index in [2.05, 4.69) is 38.2 Å². The van der Waals surface area contributed by atoms with Gasteiger partial charge in [0.2, 0.25) is 0 Å². The summed E-state index contributed by atoms with van der Waals surface area (Å²) in [6, 6.07) is -0.726. The predicted molar refractivity (Wildman–Crippen MR) is 287 cm³/mol. The summed E-state index contributed by atoms with van der Waals surface area (Å²) in [6.07, 6.45) is 60.8. The second kappa shape index (κ2) is 51.2. The van der Waals surface area contributed by atoms with Gasteiger partial charge in [0.05, 0.1) is 40.3 Å². The molecular weight excluding hydrogens is 847 g/mol. The number of quaternary nitrogens is 1. The smallest absolute Gasteiger partial charge is 0.306 e. The quantitative estimate of drug-likeness (QED) is 0.0259. The van der Waals surface area contributed by atoms with Gasteiger partial charge in [-0.3, -0.25) is 9.59 Å². The largest absolute Gasteiger partial charge is 0.544 e. The van der Waals surface area contributed by atoms with Crippen LogP contribution in [-0.2, 0) is 28.6 Å². The molecule has 0 aliphatic carbocycles. The molecule has 0 spiro atoms. The highest BCUT2D eigenvalue weighted by atomic mass is 16.6. The van der Waals surface area contributed by atoms with E-state index in [1.165, 1.54) is 205 Å². The van der Waals surface area contributed by atoms with E-state index in [1.54, 1.807) is 0 Å². The number of carboxylic acid groups (broad SMARTS) is 1. The molecule has 68 heavy (non-hydrogen) atoms. The Labute approximate surface area is 421 Å². The molecule has 8 heteroatoms. The second-order valence-corrected chi connectivity index (χ2v) is 21.2. The van der Waals surface area contributed by atoms with Crippen molar-refractivity contribution in [2.24, 2.45) is 0 Å². The van der Waals surface area contributed by atoms with Gasteiger partial charge in [0.25, 0.3) is 0 Å². The van der Waals surface area contributed by atoms with E-state index in [4.69, 9.17) is 14.2 Å². The third-order valence-electron chi connectivity index (χ3n) is 13.6. The molecule has 0 aliphatic heterocycles. The molecule has 0 rings (SSSR count). The number of hydrogen-bond donors (Lipinski definition) is 0. The number of carbonyl (C=O) groups is 3. The summed E-state index contributed by atoms with van der Waals surface area (Å²) in [5.41, 5.74) is 0. The molecule has 2 atom stereocenters. The number of rotatable bonds is 54. The molecule has 0 N–H and O–H groups in total. The van der Waals surface area contributed by atoms with Gasteiger partial charge >= 0.3 is 11.9 Å². The van der Waals surface area contributed by atoms with Gasteiger partial charge < -0.3 is 28.6 Å². The lowest BCUT2D eigenvalue weighted by atomic mass is 10.0. The monoisotopic (exact) mass is 960 g/mol. The van der Waals surface area contributed by atoms with E-state index < -0.39 is 18.1 Å². The third kappa shape index (κ3) is 48.8. The summed E-state index contributed by atoms with van der Waals surface area (Å²) >= 11 is 0. The Morgan fingerprint density at radius 2 is 0.779 bits per heavy atom. The van der Waals surface area contributed by atoms with Crippen LogP contribution < -0.4 is 5.11 Å². The van der Waals surface area contributed by atoms with Crippen LogP contribution in [0.3, 0.4) is 0 Å². The molecule has 0 saturated heterocycles. The van der Waals surface area contributed by atoms with Crippen LogP contribution in [0.1, 0.15) is 290 Å². The Bertz CT molecular complexity index is 1160. The maximum Gasteiger partial charge on any atom is 0.306 e. The van der Waals surface area contributed by atoms with Crippen LogP contribution in [0.2, 0.25) is 0 Å². The van der Waals surface area contributed by atoms with Crippen LogP contribution in [0.15, 0.2) is 24.3 Å². The summed E-state index contributed by atoms with van der Waals surface area (Å²) < 4.78 is 17.3. The standard InChI is InChI=1S/C60H113NO7/c1-6-8-10-12-14-16-18-20-22-24-26-28-29-31-33-35-37-39-41-43-45-47-49-51-59(63)68-56(54-66-53-52-57(60(64)65)61(3,4)5)55-67-58(62)50-48-46-44-42-40-38-36-34-32-30-27-25-23-21-19-17-15-13-11-9-7-2/h26,28,31,33,56-57H,6-25,27,29-30,32,34-55H2,1-5H3/b28-26+,33-31+. The molecule has 0 aromatic carbocycles. The van der Waals surface area contributed by atoms with E-state index in [0.29, 0.717) is 12.8 Å². The van der Waals surface area contributed by atoms with Gasteiger partial charge in [-0.05, 0) is 44.9 Å². The highest BCUT2D eigenvalue weighted by molar-refractivity contribution is 5.70. The number of unbranched alkanes of at least 4 members (excludes halogenated alkanes) is 36. The number of nitrogens with zero attached hydrogens (tertiary/aromatic N) is 1. The minimum Gasteiger partial charge on any atom is -0.544 e. The fraction of sp³-hybridized carbons (Fsp3) is 0.883. The molecule has 400 valence electrons. The molecular formula is C60H113NO7. The zero-order valence-corrected chi connectivity index (χ0v) is 45.8. The lowest BCUT2D eigenvalue weighted by Gasteiger charge is -2.34. The van der Waals surface area contributed by atoms with Crippen molar-refractivity contribution in [3.05, 3.63) is 24.3 Å². The van der Waals surface area contributed by atoms with Gasteiger partial charge in [0.15, 0.2) is 6.10 Å². The van der Waals surface area contributed by atoms with Crippen molar-refractivity contribution in [3.8, 4) is 0 Å². The van der Waals surface area contributed by atoms with Crippen LogP contribution in [0.25, 0.3) is 0 Å². The molecule has 0 bridgehead atoms. The highest BCUT2D eigenvalue weighted by Crippen LogP contribution is 2.17. The number of carbonyl (C=O) groups excluding carboxylic acids is 3. The lowest BCUT2D eigenvalue weighted by molar-refractivity contribution is -0.889. The summed E-state index contributed by atoms with van der Waals surface area (Å²) in [6.45, 7) is 4.71. The number of aliphatic carboxylic acids is 1. The molecule has 0 aliphatic rings. The maximum atomic E-state index is 12.8. The van der Waals surface area contributed by atoms with E-state index >= 15 is 0 Å². The zero-order chi connectivity index (χ0) is 49.9. The number of likely N-dealkylation sites (N-methyl/N-ethyl adjacent to an activating group) is 1. The first kappa shape index (κ1) is 65.8. The summed E-state index contributed by atoms with van der Waals surface area (Å²) in [4.78, 5) is 37.2. The number of esters is 2. The van der Waals surface area contributed by atoms with Crippen LogP contribution in [0.5, 0.6) is 0 Å². The van der Waals surface area contributed by atoms with Crippen LogP contribution in [-0.4, -0.2) is 75.5 Å². The van der Waals surface area contributed by atoms with Gasteiger partial charge in [0.1, 0.15) is 12.6 Å². The van der Waals surface area contributed by atoms with Crippen molar-refractivity contribution < 1.29 is 38.2 Å². The molecule has 0 saturated carbocycles. The van der Waals surface area contributed by atoms with Crippen molar-refractivity contribution in [2.45, 2.75) is 302 Å². The number of hydrogen-bond acceptors (Lipinski definition) is 7. The fourth-order valence-electron chi connectivity index (χ4n) is 9.05. The van der Waals surface area contributed by atoms with Gasteiger partial charge in [-0.1, -0.05) is 250 Å². The van der Waals surface area contributed by atoms with Crippen LogP contribution >= 0.6 is 0 Å². The molecule has 8 nitrogen and oxygen atoms in total. The Balaban J connectivity index is 4.15. The first-order valence-corrected chi connectivity index (χ1v) is 29.4.